The van der Waals surface area contributed by atoms with Crippen LogP contribution in [0.1, 0.15) is 23.1 Å². The second-order valence-electron chi connectivity index (χ2n) is 5.29. The zero-order chi connectivity index (χ0) is 16.1. The van der Waals surface area contributed by atoms with Gasteiger partial charge in [-0.3, -0.25) is 4.79 Å². The third kappa shape index (κ3) is 3.65. The van der Waals surface area contributed by atoms with Crippen molar-refractivity contribution in [2.75, 3.05) is 20.3 Å². The molecule has 2 rings (SSSR count). The molecule has 0 saturated heterocycles. The number of ether oxygens (including phenoxy) is 1. The van der Waals surface area contributed by atoms with Crippen molar-refractivity contribution in [3.8, 4) is 17.1 Å². The fraction of sp³-hybridized carbons (Fsp3) is 0.375. The van der Waals surface area contributed by atoms with Crippen LogP contribution < -0.4 is 10.1 Å². The molecule has 1 aromatic carbocycles. The molecule has 3 N–H and O–H groups in total. The summed E-state index contributed by atoms with van der Waals surface area (Å²) < 4.78 is 5.19. The molecule has 1 unspecified atom stereocenters. The van der Waals surface area contributed by atoms with Crippen LogP contribution in [0.15, 0.2) is 24.3 Å². The van der Waals surface area contributed by atoms with Gasteiger partial charge in [-0.25, -0.2) is 4.98 Å². The van der Waals surface area contributed by atoms with E-state index < -0.39 is 0 Å². The van der Waals surface area contributed by atoms with E-state index >= 15 is 0 Å². The molecule has 2 aromatic rings. The number of nitrogens with one attached hydrogen (secondary N) is 2. The summed E-state index contributed by atoms with van der Waals surface area (Å²) in [6.07, 6.45) is 0. The molecule has 0 aliphatic rings. The van der Waals surface area contributed by atoms with Crippen LogP contribution >= 0.6 is 0 Å². The number of H-pyrrole nitrogens is 1. The smallest absolute Gasteiger partial charge is 0.271 e. The number of imidazole rings is 1. The summed E-state index contributed by atoms with van der Waals surface area (Å²) >= 11 is 0. The number of aromatic nitrogens is 2. The van der Waals surface area contributed by atoms with E-state index in [4.69, 9.17) is 9.84 Å². The zero-order valence-electron chi connectivity index (χ0n) is 13.0. The normalized spacial score (nSPS) is 12.0. The number of carbonyl (C=O) groups excluding carboxylic acids is 1. The average Bonchev–Trinajstić information content (AvgIpc) is 2.94. The van der Waals surface area contributed by atoms with Gasteiger partial charge in [0.05, 0.1) is 7.11 Å². The standard InChI is InChI=1S/C16H21N3O3/c1-10(9-20)8-17-16(21)14-11(2)18-15(19-14)12-5-4-6-13(7-12)22-3/h4-7,10,20H,8-9H2,1-3H3,(H,17,21)(H,18,19). The van der Waals surface area contributed by atoms with Gasteiger partial charge < -0.3 is 20.1 Å². The lowest BCUT2D eigenvalue weighted by molar-refractivity contribution is 0.0937. The van der Waals surface area contributed by atoms with Gasteiger partial charge in [0.15, 0.2) is 0 Å². The Morgan fingerprint density at radius 1 is 1.50 bits per heavy atom. The van der Waals surface area contributed by atoms with Gasteiger partial charge in [0.2, 0.25) is 0 Å². The molecule has 1 amide bonds. The number of aryl methyl sites for hydroxylation is 1. The number of aliphatic hydroxyl groups is 1. The fourth-order valence-corrected chi connectivity index (χ4v) is 2.00. The van der Waals surface area contributed by atoms with Crippen LogP contribution in [0, 0.1) is 12.8 Å². The van der Waals surface area contributed by atoms with E-state index in [0.29, 0.717) is 23.8 Å². The van der Waals surface area contributed by atoms with Crippen molar-refractivity contribution in [1.82, 2.24) is 15.3 Å². The van der Waals surface area contributed by atoms with Crippen molar-refractivity contribution in [2.45, 2.75) is 13.8 Å². The molecule has 0 aliphatic carbocycles. The number of methoxy groups -OCH3 is 1. The lowest BCUT2D eigenvalue weighted by atomic mass is 10.2. The molecule has 118 valence electrons. The van der Waals surface area contributed by atoms with Gasteiger partial charge >= 0.3 is 0 Å². The largest absolute Gasteiger partial charge is 0.497 e. The molecular weight excluding hydrogens is 282 g/mol. The first-order valence-electron chi connectivity index (χ1n) is 7.15. The number of nitrogens with zero attached hydrogens (tertiary/aromatic N) is 1. The van der Waals surface area contributed by atoms with Crippen LogP contribution in [-0.4, -0.2) is 41.2 Å². The van der Waals surface area contributed by atoms with Crippen molar-refractivity contribution in [3.05, 3.63) is 35.7 Å². The molecule has 0 saturated carbocycles. The number of aromatic amines is 1. The predicted molar refractivity (Wildman–Crippen MR) is 83.9 cm³/mol. The summed E-state index contributed by atoms with van der Waals surface area (Å²) in [4.78, 5) is 19.6. The van der Waals surface area contributed by atoms with Crippen LogP contribution in [0.25, 0.3) is 11.4 Å². The van der Waals surface area contributed by atoms with Crippen molar-refractivity contribution in [1.29, 1.82) is 0 Å². The lowest BCUT2D eigenvalue weighted by Crippen LogP contribution is -2.30. The second-order valence-corrected chi connectivity index (χ2v) is 5.29. The molecule has 1 aromatic heterocycles. The van der Waals surface area contributed by atoms with E-state index in [9.17, 15) is 4.79 Å². The minimum Gasteiger partial charge on any atom is -0.497 e. The molecular formula is C16H21N3O3. The van der Waals surface area contributed by atoms with E-state index in [2.05, 4.69) is 15.3 Å². The maximum atomic E-state index is 12.2. The Balaban J connectivity index is 2.18. The third-order valence-corrected chi connectivity index (χ3v) is 3.37. The van der Waals surface area contributed by atoms with Gasteiger partial charge in [0.25, 0.3) is 5.91 Å². The molecule has 1 heterocycles. The highest BCUT2D eigenvalue weighted by molar-refractivity contribution is 5.94. The highest BCUT2D eigenvalue weighted by Crippen LogP contribution is 2.22. The molecule has 1 atom stereocenters. The SMILES string of the molecule is COc1cccc(-c2nc(C(=O)NCC(C)CO)c(C)[nH]2)c1. The molecule has 6 nitrogen and oxygen atoms in total. The summed E-state index contributed by atoms with van der Waals surface area (Å²) in [5, 5.41) is 11.8. The zero-order valence-corrected chi connectivity index (χ0v) is 13.0. The molecule has 0 fully saturated rings. The van der Waals surface area contributed by atoms with Crippen molar-refractivity contribution in [2.24, 2.45) is 5.92 Å². The van der Waals surface area contributed by atoms with Crippen LogP contribution in [-0.2, 0) is 0 Å². The van der Waals surface area contributed by atoms with Crippen molar-refractivity contribution < 1.29 is 14.6 Å². The summed E-state index contributed by atoms with van der Waals surface area (Å²) in [6.45, 7) is 4.12. The van der Waals surface area contributed by atoms with Gasteiger partial charge in [0.1, 0.15) is 17.3 Å². The Bertz CT molecular complexity index is 652. The highest BCUT2D eigenvalue weighted by Gasteiger charge is 2.16. The summed E-state index contributed by atoms with van der Waals surface area (Å²) in [5.74, 6) is 1.12. The monoisotopic (exact) mass is 303 g/mol. The number of hydrogen-bond acceptors (Lipinski definition) is 4. The molecule has 22 heavy (non-hydrogen) atoms. The molecule has 0 aliphatic heterocycles. The van der Waals surface area contributed by atoms with E-state index in [-0.39, 0.29) is 18.4 Å². The molecule has 0 bridgehead atoms. The fourth-order valence-electron chi connectivity index (χ4n) is 2.00. The average molecular weight is 303 g/mol. The Hall–Kier alpha value is -2.34. The van der Waals surface area contributed by atoms with Crippen molar-refractivity contribution in [3.63, 3.8) is 0 Å². The maximum absolute atomic E-state index is 12.2. The Morgan fingerprint density at radius 2 is 2.27 bits per heavy atom. The van der Waals surface area contributed by atoms with E-state index in [0.717, 1.165) is 11.3 Å². The number of hydrogen-bond donors (Lipinski definition) is 3. The number of benzene rings is 1. The third-order valence-electron chi connectivity index (χ3n) is 3.37. The van der Waals surface area contributed by atoms with Gasteiger partial charge in [-0.15, -0.1) is 0 Å². The summed E-state index contributed by atoms with van der Waals surface area (Å²) in [5.41, 5.74) is 1.92. The first-order valence-corrected chi connectivity index (χ1v) is 7.15. The van der Waals surface area contributed by atoms with E-state index in [1.54, 1.807) is 14.0 Å². The summed E-state index contributed by atoms with van der Waals surface area (Å²) in [6, 6.07) is 7.47. The predicted octanol–water partition coefficient (Wildman–Crippen LogP) is 1.75. The number of rotatable bonds is 6. The van der Waals surface area contributed by atoms with Gasteiger partial charge in [-0.1, -0.05) is 19.1 Å². The number of aliphatic hydroxyl groups excluding tert-OH is 1. The van der Waals surface area contributed by atoms with Crippen LogP contribution in [0.5, 0.6) is 5.75 Å². The minimum absolute atomic E-state index is 0.0149. The summed E-state index contributed by atoms with van der Waals surface area (Å²) in [7, 11) is 1.60. The second kappa shape index (κ2) is 7.09. The van der Waals surface area contributed by atoms with Crippen LogP contribution in [0.3, 0.4) is 0 Å². The van der Waals surface area contributed by atoms with Crippen LogP contribution in [0.2, 0.25) is 0 Å². The quantitative estimate of drug-likeness (QED) is 0.759. The lowest BCUT2D eigenvalue weighted by Gasteiger charge is -2.08. The van der Waals surface area contributed by atoms with Gasteiger partial charge in [-0.05, 0) is 25.0 Å². The topological polar surface area (TPSA) is 87.2 Å². The Labute approximate surface area is 129 Å². The molecule has 6 heteroatoms. The van der Waals surface area contributed by atoms with Crippen molar-refractivity contribution >= 4 is 5.91 Å². The minimum atomic E-state index is -0.247. The maximum Gasteiger partial charge on any atom is 0.271 e. The number of amides is 1. The van der Waals surface area contributed by atoms with Crippen LogP contribution in [0.4, 0.5) is 0 Å². The van der Waals surface area contributed by atoms with Gasteiger partial charge in [0, 0.05) is 24.4 Å². The van der Waals surface area contributed by atoms with Gasteiger partial charge in [-0.2, -0.15) is 0 Å². The first-order chi connectivity index (χ1) is 10.5. The molecule has 0 radical (unpaired) electrons. The van der Waals surface area contributed by atoms with E-state index in [1.165, 1.54) is 0 Å². The Morgan fingerprint density at radius 3 is 2.95 bits per heavy atom. The number of carbonyl (C=O) groups is 1. The Kier molecular flexibility index (Phi) is 5.16. The molecule has 0 spiro atoms. The highest BCUT2D eigenvalue weighted by atomic mass is 16.5. The first kappa shape index (κ1) is 16.0. The van der Waals surface area contributed by atoms with E-state index in [1.807, 2.05) is 31.2 Å².